The molecule has 0 aliphatic carbocycles. The topological polar surface area (TPSA) is 56.1 Å². The molecule has 2 aromatic carbocycles. The largest absolute Gasteiger partial charge is 0.489 e. The minimum atomic E-state index is -0.0733. The summed E-state index contributed by atoms with van der Waals surface area (Å²) in [6, 6.07) is 12.8. The molecule has 0 fully saturated rings. The Morgan fingerprint density at radius 3 is 2.67 bits per heavy atom. The van der Waals surface area contributed by atoms with E-state index in [4.69, 9.17) is 27.9 Å². The van der Waals surface area contributed by atoms with E-state index in [1.807, 2.05) is 35.0 Å². The van der Waals surface area contributed by atoms with Gasteiger partial charge in [-0.2, -0.15) is 0 Å². The average molecular weight is 404 g/mol. The van der Waals surface area contributed by atoms with E-state index in [9.17, 15) is 4.79 Å². The first kappa shape index (κ1) is 19.3. The number of benzene rings is 2. The van der Waals surface area contributed by atoms with Gasteiger partial charge in [-0.15, -0.1) is 0 Å². The maximum atomic E-state index is 10.5. The molecule has 27 heavy (non-hydrogen) atoms. The van der Waals surface area contributed by atoms with Crippen LogP contribution in [-0.2, 0) is 17.8 Å². The highest BCUT2D eigenvalue weighted by molar-refractivity contribution is 6.35. The van der Waals surface area contributed by atoms with Crippen LogP contribution in [0.5, 0.6) is 5.75 Å². The molecule has 1 amide bonds. The van der Waals surface area contributed by atoms with E-state index in [0.29, 0.717) is 23.0 Å². The van der Waals surface area contributed by atoms with Crippen LogP contribution in [0.2, 0.25) is 10.0 Å². The number of aryl methyl sites for hydroxylation is 1. The quantitative estimate of drug-likeness (QED) is 0.520. The van der Waals surface area contributed by atoms with Gasteiger partial charge in [-0.1, -0.05) is 29.3 Å². The average Bonchev–Trinajstić information content (AvgIpc) is 3.16. The fourth-order valence-electron chi connectivity index (χ4n) is 2.75. The fraction of sp³-hybridized carbons (Fsp3) is 0.200. The van der Waals surface area contributed by atoms with E-state index in [1.165, 1.54) is 0 Å². The molecule has 3 rings (SSSR count). The predicted molar refractivity (Wildman–Crippen MR) is 108 cm³/mol. The summed E-state index contributed by atoms with van der Waals surface area (Å²) in [4.78, 5) is 14.6. The summed E-state index contributed by atoms with van der Waals surface area (Å²) >= 11 is 12.3. The minimum absolute atomic E-state index is 0.0733. The number of halogens is 2. The van der Waals surface area contributed by atoms with Crippen molar-refractivity contribution in [3.8, 4) is 5.75 Å². The van der Waals surface area contributed by atoms with Gasteiger partial charge in [0, 0.05) is 28.1 Å². The highest BCUT2D eigenvalue weighted by Gasteiger charge is 2.13. The Bertz CT molecular complexity index is 867. The summed E-state index contributed by atoms with van der Waals surface area (Å²) in [6.07, 6.45) is 7.52. The van der Waals surface area contributed by atoms with E-state index >= 15 is 0 Å². The third-order valence-electron chi connectivity index (χ3n) is 4.11. The van der Waals surface area contributed by atoms with E-state index in [1.54, 1.807) is 30.7 Å². The lowest BCUT2D eigenvalue weighted by atomic mass is 10.1. The van der Waals surface area contributed by atoms with Crippen LogP contribution in [0.1, 0.15) is 12.0 Å². The standard InChI is InChI=1S/C20H19Cl2N3O2/c21-16-3-1-15(20(22)11-16)2-6-19(12-25-10-9-23-13-25)27-18-7-4-17(5-8-18)24-14-26/h1,3-5,7-11,13-14,19H,2,6,12H2,(H,24,26). The summed E-state index contributed by atoms with van der Waals surface area (Å²) in [5.41, 5.74) is 1.75. The number of hydrogen-bond acceptors (Lipinski definition) is 3. The van der Waals surface area contributed by atoms with Gasteiger partial charge >= 0.3 is 0 Å². The number of carbonyl (C=O) groups excluding carboxylic acids is 1. The molecule has 1 aromatic heterocycles. The van der Waals surface area contributed by atoms with Crippen molar-refractivity contribution in [3.05, 3.63) is 76.8 Å². The Hall–Kier alpha value is -2.50. The molecule has 0 saturated carbocycles. The number of anilines is 1. The van der Waals surface area contributed by atoms with E-state index in [-0.39, 0.29) is 6.10 Å². The first-order chi connectivity index (χ1) is 13.1. The van der Waals surface area contributed by atoms with Crippen molar-refractivity contribution in [2.24, 2.45) is 0 Å². The lowest BCUT2D eigenvalue weighted by Crippen LogP contribution is -2.23. The van der Waals surface area contributed by atoms with Gasteiger partial charge in [-0.3, -0.25) is 4.79 Å². The molecule has 0 saturated heterocycles. The molecule has 1 N–H and O–H groups in total. The van der Waals surface area contributed by atoms with Crippen LogP contribution in [0.15, 0.2) is 61.2 Å². The molecule has 1 atom stereocenters. The molecule has 5 nitrogen and oxygen atoms in total. The minimum Gasteiger partial charge on any atom is -0.489 e. The van der Waals surface area contributed by atoms with Crippen molar-refractivity contribution in [3.63, 3.8) is 0 Å². The molecular formula is C20H19Cl2N3O2. The third kappa shape index (κ3) is 5.74. The zero-order valence-corrected chi connectivity index (χ0v) is 16.0. The van der Waals surface area contributed by atoms with Gasteiger partial charge in [0.1, 0.15) is 11.9 Å². The first-order valence-corrected chi connectivity index (χ1v) is 9.26. The van der Waals surface area contributed by atoms with Crippen molar-refractivity contribution in [2.75, 3.05) is 5.32 Å². The number of imidazole rings is 1. The van der Waals surface area contributed by atoms with Gasteiger partial charge in [0.2, 0.25) is 6.41 Å². The molecule has 7 heteroatoms. The van der Waals surface area contributed by atoms with Crippen molar-refractivity contribution in [2.45, 2.75) is 25.5 Å². The number of ether oxygens (including phenoxy) is 1. The van der Waals surface area contributed by atoms with Crippen molar-refractivity contribution in [1.29, 1.82) is 0 Å². The Morgan fingerprint density at radius 2 is 2.00 bits per heavy atom. The van der Waals surface area contributed by atoms with Crippen LogP contribution in [0.3, 0.4) is 0 Å². The molecule has 140 valence electrons. The van der Waals surface area contributed by atoms with Crippen molar-refractivity contribution >= 4 is 35.3 Å². The Balaban J connectivity index is 1.69. The highest BCUT2D eigenvalue weighted by Crippen LogP contribution is 2.24. The van der Waals surface area contributed by atoms with Gasteiger partial charge in [0.25, 0.3) is 0 Å². The maximum absolute atomic E-state index is 10.5. The first-order valence-electron chi connectivity index (χ1n) is 8.50. The third-order valence-corrected chi connectivity index (χ3v) is 4.69. The normalized spacial score (nSPS) is 11.8. The summed E-state index contributed by atoms with van der Waals surface area (Å²) in [5, 5.41) is 3.89. The molecule has 1 heterocycles. The van der Waals surface area contributed by atoms with Crippen LogP contribution >= 0.6 is 23.2 Å². The molecular weight excluding hydrogens is 385 g/mol. The van der Waals surface area contributed by atoms with E-state index in [2.05, 4.69) is 10.3 Å². The fourth-order valence-corrected chi connectivity index (χ4v) is 3.25. The zero-order valence-electron chi connectivity index (χ0n) is 14.5. The number of rotatable bonds is 9. The maximum Gasteiger partial charge on any atom is 0.211 e. The van der Waals surface area contributed by atoms with Gasteiger partial charge in [-0.05, 0) is 54.8 Å². The van der Waals surface area contributed by atoms with Crippen molar-refractivity contribution in [1.82, 2.24) is 9.55 Å². The number of aromatic nitrogens is 2. The summed E-state index contributed by atoms with van der Waals surface area (Å²) in [7, 11) is 0. The number of nitrogens with one attached hydrogen (secondary N) is 1. The second-order valence-corrected chi connectivity index (χ2v) is 6.90. The summed E-state index contributed by atoms with van der Waals surface area (Å²) < 4.78 is 8.15. The molecule has 0 bridgehead atoms. The highest BCUT2D eigenvalue weighted by atomic mass is 35.5. The SMILES string of the molecule is O=CNc1ccc(OC(CCc2ccc(Cl)cc2Cl)Cn2ccnc2)cc1. The van der Waals surface area contributed by atoms with Gasteiger partial charge in [-0.25, -0.2) is 4.98 Å². The van der Waals surface area contributed by atoms with Crippen LogP contribution in [0.4, 0.5) is 5.69 Å². The monoisotopic (exact) mass is 403 g/mol. The van der Waals surface area contributed by atoms with Crippen LogP contribution in [0, 0.1) is 0 Å². The van der Waals surface area contributed by atoms with E-state index < -0.39 is 0 Å². The second kappa shape index (κ2) is 9.44. The summed E-state index contributed by atoms with van der Waals surface area (Å²) in [6.45, 7) is 0.666. The molecule has 0 radical (unpaired) electrons. The number of nitrogens with zero attached hydrogens (tertiary/aromatic N) is 2. The zero-order chi connectivity index (χ0) is 19.1. The van der Waals surface area contributed by atoms with E-state index in [0.717, 1.165) is 29.8 Å². The van der Waals surface area contributed by atoms with Gasteiger partial charge < -0.3 is 14.6 Å². The van der Waals surface area contributed by atoms with Gasteiger partial charge in [0.15, 0.2) is 0 Å². The lowest BCUT2D eigenvalue weighted by molar-refractivity contribution is -0.105. The van der Waals surface area contributed by atoms with Gasteiger partial charge in [0.05, 0.1) is 12.9 Å². The molecule has 0 aliphatic rings. The van der Waals surface area contributed by atoms with Crippen molar-refractivity contribution < 1.29 is 9.53 Å². The number of carbonyl (C=O) groups is 1. The molecule has 0 aliphatic heterocycles. The smallest absolute Gasteiger partial charge is 0.211 e. The van der Waals surface area contributed by atoms with Crippen LogP contribution < -0.4 is 10.1 Å². The van der Waals surface area contributed by atoms with Crippen LogP contribution in [0.25, 0.3) is 0 Å². The molecule has 3 aromatic rings. The second-order valence-electron chi connectivity index (χ2n) is 6.06. The Kier molecular flexibility index (Phi) is 6.74. The Labute approximate surface area is 167 Å². The molecule has 1 unspecified atom stereocenters. The lowest BCUT2D eigenvalue weighted by Gasteiger charge is -2.20. The molecule has 0 spiro atoms. The Morgan fingerprint density at radius 1 is 1.19 bits per heavy atom. The van der Waals surface area contributed by atoms with Crippen LogP contribution in [-0.4, -0.2) is 22.1 Å². The number of amides is 1. The predicted octanol–water partition coefficient (Wildman–Crippen LogP) is 4.84. The number of hydrogen-bond donors (Lipinski definition) is 1. The summed E-state index contributed by atoms with van der Waals surface area (Å²) in [5.74, 6) is 0.735.